The summed E-state index contributed by atoms with van der Waals surface area (Å²) < 4.78 is 56.2. The van der Waals surface area contributed by atoms with Gasteiger partial charge >= 0.3 is 0 Å². The van der Waals surface area contributed by atoms with Crippen LogP contribution in [0.25, 0.3) is 0 Å². The number of anilines is 4. The Hall–Kier alpha value is -2.55. The first-order valence-corrected chi connectivity index (χ1v) is 11.2. The predicted octanol–water partition coefficient (Wildman–Crippen LogP) is -0.111. The van der Waals surface area contributed by atoms with Gasteiger partial charge in [-0.1, -0.05) is 6.07 Å². The molecule has 0 aliphatic heterocycles. The Kier molecular flexibility index (Phi) is 6.71. The Morgan fingerprint density at radius 3 is 2.32 bits per heavy atom. The molecule has 14 heteroatoms. The van der Waals surface area contributed by atoms with Crippen molar-refractivity contribution in [2.45, 2.75) is 4.90 Å². The summed E-state index contributed by atoms with van der Waals surface area (Å²) in [5.41, 5.74) is 0.343. The largest absolute Gasteiger partial charge is 0.353 e. The number of nitrogens with zero attached hydrogens (tertiary/aromatic N) is 4. The Labute approximate surface area is 163 Å². The molecular formula is C14H21N7O5S2. The van der Waals surface area contributed by atoms with Crippen LogP contribution in [0.2, 0.25) is 0 Å². The van der Waals surface area contributed by atoms with Crippen LogP contribution in [-0.4, -0.2) is 69.8 Å². The van der Waals surface area contributed by atoms with Crippen molar-refractivity contribution in [2.24, 2.45) is 0 Å². The molecule has 28 heavy (non-hydrogen) atoms. The van der Waals surface area contributed by atoms with E-state index in [1.54, 1.807) is 25.1 Å². The predicted molar refractivity (Wildman–Crippen MR) is 105 cm³/mol. The molecule has 0 unspecified atom stereocenters. The third-order valence-corrected chi connectivity index (χ3v) is 4.76. The first-order chi connectivity index (χ1) is 12.9. The van der Waals surface area contributed by atoms with E-state index in [1.807, 2.05) is 0 Å². The summed E-state index contributed by atoms with van der Waals surface area (Å²) in [6.07, 6.45) is 1.06. The Bertz CT molecular complexity index is 1040. The summed E-state index contributed by atoms with van der Waals surface area (Å²) in [4.78, 5) is 14.0. The molecule has 2 rings (SSSR count). The lowest BCUT2D eigenvalue weighted by Crippen LogP contribution is -2.28. The van der Waals surface area contributed by atoms with E-state index in [-0.39, 0.29) is 29.9 Å². The highest BCUT2D eigenvalue weighted by Gasteiger charge is 2.12. The summed E-state index contributed by atoms with van der Waals surface area (Å²) in [6.45, 7) is 0.378. The minimum atomic E-state index is -4.34. The van der Waals surface area contributed by atoms with Crippen molar-refractivity contribution in [3.8, 4) is 0 Å². The van der Waals surface area contributed by atoms with Crippen molar-refractivity contribution < 1.29 is 21.4 Å². The fourth-order valence-electron chi connectivity index (χ4n) is 1.97. The van der Waals surface area contributed by atoms with E-state index >= 15 is 0 Å². The number of aromatic nitrogens is 3. The van der Waals surface area contributed by atoms with Crippen molar-refractivity contribution in [3.63, 3.8) is 0 Å². The molecule has 12 nitrogen and oxygen atoms in total. The van der Waals surface area contributed by atoms with Gasteiger partial charge in [-0.05, 0) is 18.2 Å². The molecule has 0 spiro atoms. The number of benzene rings is 1. The highest BCUT2D eigenvalue weighted by Crippen LogP contribution is 2.20. The van der Waals surface area contributed by atoms with Gasteiger partial charge in [-0.15, -0.1) is 0 Å². The van der Waals surface area contributed by atoms with Gasteiger partial charge < -0.3 is 15.5 Å². The van der Waals surface area contributed by atoms with E-state index in [0.29, 0.717) is 11.6 Å². The van der Waals surface area contributed by atoms with Crippen LogP contribution in [0.15, 0.2) is 29.2 Å². The molecule has 0 bridgehead atoms. The van der Waals surface area contributed by atoms with Crippen molar-refractivity contribution >= 4 is 43.7 Å². The van der Waals surface area contributed by atoms with Gasteiger partial charge in [0.25, 0.3) is 10.1 Å². The standard InChI is InChI=1S/C14H21N7O5S2/c1-21(2)14-19-12(15-7-8-16-27(3,22)23)18-13(20-14)17-10-5-4-6-11(9-10)28(24,25)26/h4-6,9,16H,7-8H2,1-3H3,(H,24,25,26)(H2,15,17,18,19,20). The van der Waals surface area contributed by atoms with Gasteiger partial charge in [0.1, 0.15) is 0 Å². The minimum absolute atomic E-state index is 0.129. The van der Waals surface area contributed by atoms with Crippen LogP contribution in [0.4, 0.5) is 23.5 Å². The van der Waals surface area contributed by atoms with Crippen LogP contribution < -0.4 is 20.3 Å². The zero-order valence-electron chi connectivity index (χ0n) is 15.4. The van der Waals surface area contributed by atoms with E-state index in [9.17, 15) is 16.8 Å². The molecule has 0 atom stereocenters. The molecule has 0 saturated carbocycles. The molecule has 0 aliphatic carbocycles. The molecule has 154 valence electrons. The fourth-order valence-corrected chi connectivity index (χ4v) is 2.97. The molecule has 0 saturated heterocycles. The quantitative estimate of drug-likeness (QED) is 0.309. The third kappa shape index (κ3) is 6.88. The fraction of sp³-hybridized carbons (Fsp3) is 0.357. The van der Waals surface area contributed by atoms with E-state index in [1.165, 1.54) is 18.2 Å². The lowest BCUT2D eigenvalue weighted by molar-refractivity contribution is 0.483. The lowest BCUT2D eigenvalue weighted by Gasteiger charge is -2.14. The number of rotatable bonds is 9. The zero-order valence-corrected chi connectivity index (χ0v) is 17.0. The monoisotopic (exact) mass is 431 g/mol. The van der Waals surface area contributed by atoms with Crippen LogP contribution in [0.3, 0.4) is 0 Å². The highest BCUT2D eigenvalue weighted by atomic mass is 32.2. The molecule has 1 heterocycles. The molecule has 1 aromatic heterocycles. The van der Waals surface area contributed by atoms with Gasteiger partial charge in [-0.2, -0.15) is 23.4 Å². The van der Waals surface area contributed by atoms with Crippen molar-refractivity contribution in [3.05, 3.63) is 24.3 Å². The van der Waals surface area contributed by atoms with Gasteiger partial charge in [0.05, 0.1) is 11.2 Å². The van der Waals surface area contributed by atoms with E-state index in [2.05, 4.69) is 30.3 Å². The summed E-state index contributed by atoms with van der Waals surface area (Å²) >= 11 is 0. The number of sulfonamides is 1. The van der Waals surface area contributed by atoms with Crippen molar-refractivity contribution in [2.75, 3.05) is 49.0 Å². The summed E-state index contributed by atoms with van der Waals surface area (Å²) in [5.74, 6) is 0.647. The maximum atomic E-state index is 11.3. The first-order valence-electron chi connectivity index (χ1n) is 7.90. The van der Waals surface area contributed by atoms with Gasteiger partial charge in [0, 0.05) is 32.9 Å². The smallest absolute Gasteiger partial charge is 0.294 e. The van der Waals surface area contributed by atoms with E-state index < -0.39 is 20.1 Å². The van der Waals surface area contributed by atoms with E-state index in [0.717, 1.165) is 6.26 Å². The van der Waals surface area contributed by atoms with Crippen LogP contribution in [0.1, 0.15) is 0 Å². The average Bonchev–Trinajstić information content (AvgIpc) is 2.57. The number of hydrogen-bond acceptors (Lipinski definition) is 10. The Morgan fingerprint density at radius 2 is 1.71 bits per heavy atom. The second-order valence-electron chi connectivity index (χ2n) is 5.90. The SMILES string of the molecule is CN(C)c1nc(NCCNS(C)(=O)=O)nc(Nc2cccc(S(=O)(=O)O)c2)n1. The van der Waals surface area contributed by atoms with Crippen LogP contribution in [0.5, 0.6) is 0 Å². The number of hydrogen-bond donors (Lipinski definition) is 4. The average molecular weight is 432 g/mol. The highest BCUT2D eigenvalue weighted by molar-refractivity contribution is 7.88. The van der Waals surface area contributed by atoms with Gasteiger partial charge in [0.2, 0.25) is 27.9 Å². The molecule has 4 N–H and O–H groups in total. The maximum Gasteiger partial charge on any atom is 0.294 e. The summed E-state index contributed by atoms with van der Waals surface area (Å²) in [6, 6.07) is 5.52. The second kappa shape index (κ2) is 8.64. The number of nitrogens with one attached hydrogen (secondary N) is 3. The zero-order chi connectivity index (χ0) is 20.9. The lowest BCUT2D eigenvalue weighted by atomic mass is 10.3. The molecular weight excluding hydrogens is 410 g/mol. The van der Waals surface area contributed by atoms with Crippen molar-refractivity contribution in [1.82, 2.24) is 19.7 Å². The first kappa shape index (κ1) is 21.7. The Morgan fingerprint density at radius 1 is 1.04 bits per heavy atom. The van der Waals surface area contributed by atoms with Crippen LogP contribution in [-0.2, 0) is 20.1 Å². The summed E-state index contributed by atoms with van der Waals surface area (Å²) in [7, 11) is -4.18. The molecule has 1 aromatic carbocycles. The Balaban J connectivity index is 2.21. The third-order valence-electron chi connectivity index (χ3n) is 3.18. The van der Waals surface area contributed by atoms with Crippen LogP contribution >= 0.6 is 0 Å². The summed E-state index contributed by atoms with van der Waals surface area (Å²) in [5, 5.41) is 5.73. The molecule has 2 aromatic rings. The molecule has 0 fully saturated rings. The maximum absolute atomic E-state index is 11.3. The molecule has 0 aliphatic rings. The van der Waals surface area contributed by atoms with Gasteiger partial charge in [-0.3, -0.25) is 4.55 Å². The topological polar surface area (TPSA) is 167 Å². The molecule has 0 radical (unpaired) electrons. The van der Waals surface area contributed by atoms with Gasteiger partial charge in [-0.25, -0.2) is 13.1 Å². The second-order valence-corrected chi connectivity index (χ2v) is 9.15. The van der Waals surface area contributed by atoms with Gasteiger partial charge in [0.15, 0.2) is 0 Å². The van der Waals surface area contributed by atoms with Crippen molar-refractivity contribution in [1.29, 1.82) is 0 Å². The molecule has 0 amide bonds. The normalized spacial score (nSPS) is 11.9. The minimum Gasteiger partial charge on any atom is -0.353 e. The van der Waals surface area contributed by atoms with E-state index in [4.69, 9.17) is 4.55 Å². The van der Waals surface area contributed by atoms with Crippen LogP contribution in [0, 0.1) is 0 Å².